The van der Waals surface area contributed by atoms with E-state index in [1.807, 2.05) is 6.92 Å². The predicted octanol–water partition coefficient (Wildman–Crippen LogP) is 5.26. The van der Waals surface area contributed by atoms with Crippen molar-refractivity contribution >= 4 is 39.1 Å². The SMILES string of the molecule is CCn1cc(-c2cc(C(F)(F)F)nc3sc(C(N)=O)c(NC(=O)c4cc(-c5ccc(OC)cc5)n[nH]4)c23)c(C)n1. The number of thiophene rings is 1. The van der Waals surface area contributed by atoms with Crippen LogP contribution in [0.25, 0.3) is 32.6 Å². The Balaban J connectivity index is 1.63. The molecule has 14 heteroatoms. The molecule has 0 aliphatic heterocycles. The molecule has 4 heterocycles. The molecule has 0 atom stereocenters. The Bertz CT molecular complexity index is 1750. The third-order valence-electron chi connectivity index (χ3n) is 6.18. The number of aryl methyl sites for hydroxylation is 2. The maximum absolute atomic E-state index is 13.8. The van der Waals surface area contributed by atoms with E-state index >= 15 is 0 Å². The number of hydrogen-bond acceptors (Lipinski definition) is 7. The molecule has 2 amide bonds. The number of hydrogen-bond donors (Lipinski definition) is 3. The van der Waals surface area contributed by atoms with Crippen LogP contribution in [0.5, 0.6) is 5.75 Å². The molecule has 5 rings (SSSR count). The van der Waals surface area contributed by atoms with Gasteiger partial charge < -0.3 is 15.8 Å². The minimum atomic E-state index is -4.76. The highest BCUT2D eigenvalue weighted by Crippen LogP contribution is 2.44. The molecule has 0 saturated heterocycles. The van der Waals surface area contributed by atoms with Gasteiger partial charge in [-0.15, -0.1) is 11.3 Å². The number of methoxy groups -OCH3 is 1. The van der Waals surface area contributed by atoms with Gasteiger partial charge in [-0.25, -0.2) is 4.98 Å². The topological polar surface area (TPSA) is 141 Å². The summed E-state index contributed by atoms with van der Waals surface area (Å²) in [6.07, 6.45) is -3.15. The number of rotatable bonds is 7. The second-order valence-electron chi connectivity index (χ2n) is 8.74. The maximum Gasteiger partial charge on any atom is 0.433 e. The first-order valence-electron chi connectivity index (χ1n) is 11.9. The van der Waals surface area contributed by atoms with Crippen LogP contribution in [-0.4, -0.2) is 43.9 Å². The number of alkyl halides is 3. The molecule has 0 unspecified atom stereocenters. The average Bonchev–Trinajstić information content (AvgIpc) is 3.65. The Morgan fingerprint density at radius 1 is 1.18 bits per heavy atom. The van der Waals surface area contributed by atoms with Gasteiger partial charge in [-0.2, -0.15) is 23.4 Å². The fourth-order valence-electron chi connectivity index (χ4n) is 4.22. The number of nitrogens with two attached hydrogens (primary N) is 1. The minimum absolute atomic E-state index is 0.0435. The molecule has 40 heavy (non-hydrogen) atoms. The molecule has 4 N–H and O–H groups in total. The summed E-state index contributed by atoms with van der Waals surface area (Å²) in [5.41, 5.74) is 6.60. The fourth-order valence-corrected chi connectivity index (χ4v) is 5.23. The largest absolute Gasteiger partial charge is 0.497 e. The lowest BCUT2D eigenvalue weighted by Crippen LogP contribution is -2.17. The van der Waals surface area contributed by atoms with Gasteiger partial charge in [0.15, 0.2) is 0 Å². The Hall–Kier alpha value is -4.72. The molecule has 1 aromatic carbocycles. The molecule has 10 nitrogen and oxygen atoms in total. The maximum atomic E-state index is 13.8. The van der Waals surface area contributed by atoms with Crippen molar-refractivity contribution in [3.8, 4) is 28.1 Å². The zero-order valence-corrected chi connectivity index (χ0v) is 22.2. The normalized spacial score (nSPS) is 11.7. The number of fused-ring (bicyclic) bond motifs is 1. The molecule has 5 aromatic rings. The lowest BCUT2D eigenvalue weighted by atomic mass is 10.0. The van der Waals surface area contributed by atoms with E-state index in [1.165, 1.54) is 6.07 Å². The van der Waals surface area contributed by atoms with Crippen molar-refractivity contribution in [1.82, 2.24) is 25.0 Å². The van der Waals surface area contributed by atoms with Crippen LogP contribution in [0.4, 0.5) is 18.9 Å². The van der Waals surface area contributed by atoms with Crippen LogP contribution in [0.15, 0.2) is 42.6 Å². The van der Waals surface area contributed by atoms with E-state index in [4.69, 9.17) is 10.5 Å². The highest BCUT2D eigenvalue weighted by molar-refractivity contribution is 7.21. The zero-order chi connectivity index (χ0) is 28.8. The molecule has 0 radical (unpaired) electrons. The van der Waals surface area contributed by atoms with Gasteiger partial charge in [-0.05, 0) is 55.8 Å². The summed E-state index contributed by atoms with van der Waals surface area (Å²) < 4.78 is 48.2. The van der Waals surface area contributed by atoms with Crippen molar-refractivity contribution in [3.63, 3.8) is 0 Å². The molecule has 0 aliphatic rings. The summed E-state index contributed by atoms with van der Waals surface area (Å²) in [6, 6.07) is 9.41. The van der Waals surface area contributed by atoms with Gasteiger partial charge in [-0.3, -0.25) is 19.4 Å². The van der Waals surface area contributed by atoms with Crippen LogP contribution < -0.4 is 15.8 Å². The number of aromatic nitrogens is 5. The molecular formula is C26H22F3N7O3S. The zero-order valence-electron chi connectivity index (χ0n) is 21.4. The standard InChI is InChI=1S/C26H22F3N7O3S/c1-4-36-11-16(12(2)35-36)15-9-19(26(27,28)29)31-25-20(15)21(22(40-25)23(30)37)32-24(38)18-10-17(33-34-18)13-5-7-14(39-3)8-6-13/h5-11H,4H2,1-3H3,(H2,30,37)(H,32,38)(H,33,34). The van der Waals surface area contributed by atoms with Gasteiger partial charge in [-0.1, -0.05) is 0 Å². The molecule has 206 valence electrons. The number of H-pyrrole nitrogens is 1. The number of halogens is 3. The van der Waals surface area contributed by atoms with E-state index in [2.05, 4.69) is 25.6 Å². The van der Waals surface area contributed by atoms with Crippen molar-refractivity contribution in [2.75, 3.05) is 12.4 Å². The molecular weight excluding hydrogens is 547 g/mol. The molecule has 0 saturated carbocycles. The van der Waals surface area contributed by atoms with E-state index < -0.39 is 23.7 Å². The summed E-state index contributed by atoms with van der Waals surface area (Å²) in [7, 11) is 1.54. The summed E-state index contributed by atoms with van der Waals surface area (Å²) in [4.78, 5) is 29.2. The Kier molecular flexibility index (Phi) is 6.79. The number of amides is 2. The van der Waals surface area contributed by atoms with Crippen molar-refractivity contribution in [2.24, 2.45) is 5.73 Å². The number of benzene rings is 1. The van der Waals surface area contributed by atoms with Crippen molar-refractivity contribution in [1.29, 1.82) is 0 Å². The van der Waals surface area contributed by atoms with Crippen LogP contribution in [0.2, 0.25) is 0 Å². The quantitative estimate of drug-likeness (QED) is 0.244. The molecule has 0 fully saturated rings. The monoisotopic (exact) mass is 569 g/mol. The van der Waals surface area contributed by atoms with E-state index in [0.717, 1.165) is 6.07 Å². The summed E-state index contributed by atoms with van der Waals surface area (Å²) in [5.74, 6) is -0.956. The van der Waals surface area contributed by atoms with Gasteiger partial charge in [0.05, 0.1) is 24.2 Å². The van der Waals surface area contributed by atoms with Crippen molar-refractivity contribution in [3.05, 3.63) is 64.6 Å². The van der Waals surface area contributed by atoms with E-state index in [0.29, 0.717) is 46.1 Å². The third kappa shape index (κ3) is 4.88. The third-order valence-corrected chi connectivity index (χ3v) is 7.28. The first kappa shape index (κ1) is 26.9. The Morgan fingerprint density at radius 2 is 1.90 bits per heavy atom. The number of pyridine rings is 1. The van der Waals surface area contributed by atoms with Crippen molar-refractivity contribution < 1.29 is 27.5 Å². The first-order valence-corrected chi connectivity index (χ1v) is 12.7. The number of nitrogens with one attached hydrogen (secondary N) is 2. The second kappa shape index (κ2) is 10.1. The van der Waals surface area contributed by atoms with Gasteiger partial charge in [0, 0.05) is 29.3 Å². The Morgan fingerprint density at radius 3 is 2.50 bits per heavy atom. The van der Waals surface area contributed by atoms with E-state index in [9.17, 15) is 22.8 Å². The number of nitrogens with zero attached hydrogens (tertiary/aromatic N) is 4. The van der Waals surface area contributed by atoms with E-state index in [1.54, 1.807) is 49.2 Å². The van der Waals surface area contributed by atoms with Gasteiger partial charge in [0.1, 0.15) is 26.8 Å². The molecule has 0 aliphatic carbocycles. The van der Waals surface area contributed by atoms with Crippen LogP contribution in [-0.2, 0) is 12.7 Å². The van der Waals surface area contributed by atoms with Crippen LogP contribution in [0, 0.1) is 6.92 Å². The van der Waals surface area contributed by atoms with Crippen molar-refractivity contribution in [2.45, 2.75) is 26.6 Å². The average molecular weight is 570 g/mol. The highest BCUT2D eigenvalue weighted by Gasteiger charge is 2.35. The minimum Gasteiger partial charge on any atom is -0.497 e. The molecule has 0 bridgehead atoms. The van der Waals surface area contributed by atoms with Gasteiger partial charge in [0.2, 0.25) is 0 Å². The number of aromatic amines is 1. The number of carbonyl (C=O) groups excluding carboxylic acids is 2. The number of carbonyl (C=O) groups is 2. The first-order chi connectivity index (χ1) is 19.0. The predicted molar refractivity (Wildman–Crippen MR) is 143 cm³/mol. The van der Waals surface area contributed by atoms with Crippen LogP contribution in [0.3, 0.4) is 0 Å². The van der Waals surface area contributed by atoms with Crippen LogP contribution in [0.1, 0.15) is 38.5 Å². The second-order valence-corrected chi connectivity index (χ2v) is 9.74. The fraction of sp³-hybridized carbons (Fsp3) is 0.192. The molecule has 0 spiro atoms. The molecule has 4 aromatic heterocycles. The highest BCUT2D eigenvalue weighted by atomic mass is 32.1. The number of anilines is 1. The van der Waals surface area contributed by atoms with Gasteiger partial charge in [0.25, 0.3) is 11.8 Å². The van der Waals surface area contributed by atoms with Crippen LogP contribution >= 0.6 is 11.3 Å². The summed E-state index contributed by atoms with van der Waals surface area (Å²) in [6.45, 7) is 3.98. The van der Waals surface area contributed by atoms with E-state index in [-0.39, 0.29) is 32.0 Å². The number of ether oxygens (including phenoxy) is 1. The van der Waals surface area contributed by atoms with Gasteiger partial charge >= 0.3 is 6.18 Å². The Labute approximate surface area is 229 Å². The summed E-state index contributed by atoms with van der Waals surface area (Å²) in [5, 5.41) is 14.0. The smallest absolute Gasteiger partial charge is 0.433 e. The number of primary amides is 1. The summed E-state index contributed by atoms with van der Waals surface area (Å²) >= 11 is 0.667. The lowest BCUT2D eigenvalue weighted by molar-refractivity contribution is -0.140. The lowest BCUT2D eigenvalue weighted by Gasteiger charge is -2.11.